The van der Waals surface area contributed by atoms with Crippen LogP contribution in [0.5, 0.6) is 0 Å². The lowest BCUT2D eigenvalue weighted by atomic mass is 10.2. The number of aromatic nitrogens is 1. The number of hydrogen-bond donors (Lipinski definition) is 1. The van der Waals surface area contributed by atoms with E-state index in [4.69, 9.17) is 16.3 Å². The monoisotopic (exact) mass is 297 g/mol. The second-order valence-electron chi connectivity index (χ2n) is 5.19. The maximum atomic E-state index is 12.2. The third-order valence-corrected chi connectivity index (χ3v) is 3.35. The van der Waals surface area contributed by atoms with Crippen molar-refractivity contribution in [2.45, 2.75) is 32.5 Å². The molecule has 2 rings (SSSR count). The molecule has 1 aliphatic heterocycles. The second kappa shape index (κ2) is 7.02. The van der Waals surface area contributed by atoms with Gasteiger partial charge in [0.1, 0.15) is 6.04 Å². The Morgan fingerprint density at radius 2 is 2.45 bits per heavy atom. The molecule has 1 aliphatic rings. The van der Waals surface area contributed by atoms with Gasteiger partial charge in [-0.3, -0.25) is 14.7 Å². The average molecular weight is 298 g/mol. The predicted octanol–water partition coefficient (Wildman–Crippen LogP) is 1.46. The van der Waals surface area contributed by atoms with Gasteiger partial charge in [0.2, 0.25) is 5.91 Å². The van der Waals surface area contributed by atoms with Gasteiger partial charge >= 0.3 is 0 Å². The number of hydrogen-bond acceptors (Lipinski definition) is 4. The molecule has 0 spiro atoms. The molecule has 5 nitrogen and oxygen atoms in total. The first-order valence-corrected chi connectivity index (χ1v) is 7.16. The summed E-state index contributed by atoms with van der Waals surface area (Å²) in [6, 6.07) is 3.42. The molecule has 20 heavy (non-hydrogen) atoms. The number of amides is 1. The van der Waals surface area contributed by atoms with Crippen molar-refractivity contribution in [3.8, 4) is 0 Å². The molecule has 1 unspecified atom stereocenters. The molecule has 1 atom stereocenters. The first kappa shape index (κ1) is 15.2. The van der Waals surface area contributed by atoms with Gasteiger partial charge in [0.05, 0.1) is 18.9 Å². The highest BCUT2D eigenvalue weighted by Gasteiger charge is 2.29. The van der Waals surface area contributed by atoms with E-state index in [1.165, 1.54) is 0 Å². The minimum Gasteiger partial charge on any atom is -0.378 e. The van der Waals surface area contributed by atoms with E-state index in [1.807, 2.05) is 19.9 Å². The van der Waals surface area contributed by atoms with Gasteiger partial charge in [-0.2, -0.15) is 0 Å². The Balaban J connectivity index is 2.05. The van der Waals surface area contributed by atoms with Crippen molar-refractivity contribution in [3.63, 3.8) is 0 Å². The summed E-state index contributed by atoms with van der Waals surface area (Å²) in [5, 5.41) is 3.59. The van der Waals surface area contributed by atoms with Crippen LogP contribution >= 0.6 is 11.6 Å². The van der Waals surface area contributed by atoms with Gasteiger partial charge in [-0.15, -0.1) is 0 Å². The molecule has 2 heterocycles. The number of carbonyl (C=O) groups is 1. The molecule has 1 aromatic rings. The predicted molar refractivity (Wildman–Crippen MR) is 77.5 cm³/mol. The van der Waals surface area contributed by atoms with E-state index in [1.54, 1.807) is 12.3 Å². The standard InChI is InChI=1S/C14H20ClN3O2/c1-10(2)17-14(19)13-9-20-6-5-18(13)8-12-7-11(15)3-4-16-12/h3-4,7,10,13H,5-6,8-9H2,1-2H3,(H,17,19). The van der Waals surface area contributed by atoms with E-state index in [-0.39, 0.29) is 18.0 Å². The zero-order chi connectivity index (χ0) is 14.5. The van der Waals surface area contributed by atoms with Crippen molar-refractivity contribution in [1.82, 2.24) is 15.2 Å². The van der Waals surface area contributed by atoms with E-state index in [9.17, 15) is 4.79 Å². The second-order valence-corrected chi connectivity index (χ2v) is 5.63. The number of rotatable bonds is 4. The van der Waals surface area contributed by atoms with Crippen LogP contribution < -0.4 is 5.32 Å². The zero-order valence-corrected chi connectivity index (χ0v) is 12.6. The number of halogens is 1. The van der Waals surface area contributed by atoms with Crippen molar-refractivity contribution in [1.29, 1.82) is 0 Å². The van der Waals surface area contributed by atoms with Crippen molar-refractivity contribution >= 4 is 17.5 Å². The molecule has 1 N–H and O–H groups in total. The highest BCUT2D eigenvalue weighted by Crippen LogP contribution is 2.14. The van der Waals surface area contributed by atoms with Crippen LogP contribution in [0.4, 0.5) is 0 Å². The molecule has 6 heteroatoms. The summed E-state index contributed by atoms with van der Waals surface area (Å²) in [6.45, 7) is 6.25. The van der Waals surface area contributed by atoms with Gasteiger partial charge in [0, 0.05) is 30.4 Å². The summed E-state index contributed by atoms with van der Waals surface area (Å²) >= 11 is 5.97. The molecule has 1 fully saturated rings. The van der Waals surface area contributed by atoms with E-state index in [0.717, 1.165) is 5.69 Å². The van der Waals surface area contributed by atoms with Crippen molar-refractivity contribution < 1.29 is 9.53 Å². The van der Waals surface area contributed by atoms with Crippen LogP contribution in [-0.2, 0) is 16.1 Å². The Kier molecular flexibility index (Phi) is 5.34. The molecular weight excluding hydrogens is 278 g/mol. The summed E-state index contributed by atoms with van der Waals surface area (Å²) in [5.41, 5.74) is 0.863. The Hall–Kier alpha value is -1.17. The summed E-state index contributed by atoms with van der Waals surface area (Å²) in [4.78, 5) is 18.6. The topological polar surface area (TPSA) is 54.5 Å². The molecule has 1 aromatic heterocycles. The maximum absolute atomic E-state index is 12.2. The summed E-state index contributed by atoms with van der Waals surface area (Å²) in [5.74, 6) is 0.00160. The number of ether oxygens (including phenoxy) is 1. The molecular formula is C14H20ClN3O2. The molecule has 0 aliphatic carbocycles. The third-order valence-electron chi connectivity index (χ3n) is 3.12. The summed E-state index contributed by atoms with van der Waals surface area (Å²) in [6.07, 6.45) is 1.68. The fourth-order valence-corrected chi connectivity index (χ4v) is 2.38. The number of carbonyl (C=O) groups excluding carboxylic acids is 1. The van der Waals surface area contributed by atoms with Crippen LogP contribution in [0.2, 0.25) is 5.02 Å². The van der Waals surface area contributed by atoms with Crippen molar-refractivity contribution in [2.75, 3.05) is 19.8 Å². The van der Waals surface area contributed by atoms with Gasteiger partial charge < -0.3 is 10.1 Å². The van der Waals surface area contributed by atoms with Crippen LogP contribution in [0.15, 0.2) is 18.3 Å². The molecule has 0 saturated carbocycles. The average Bonchev–Trinajstić information content (AvgIpc) is 2.38. The normalized spacial score (nSPS) is 20.1. The first-order chi connectivity index (χ1) is 9.56. The lowest BCUT2D eigenvalue weighted by Gasteiger charge is -2.34. The van der Waals surface area contributed by atoms with Gasteiger partial charge in [-0.1, -0.05) is 11.6 Å². The largest absolute Gasteiger partial charge is 0.378 e. The smallest absolute Gasteiger partial charge is 0.239 e. The van der Waals surface area contributed by atoms with E-state index in [2.05, 4.69) is 15.2 Å². The SMILES string of the molecule is CC(C)NC(=O)C1COCCN1Cc1cc(Cl)ccn1. The Bertz CT molecular complexity index is 467. The van der Waals surface area contributed by atoms with Crippen LogP contribution in [0.1, 0.15) is 19.5 Å². The van der Waals surface area contributed by atoms with Gasteiger partial charge in [-0.25, -0.2) is 0 Å². The summed E-state index contributed by atoms with van der Waals surface area (Å²) in [7, 11) is 0. The highest BCUT2D eigenvalue weighted by atomic mass is 35.5. The van der Waals surface area contributed by atoms with E-state index >= 15 is 0 Å². The quantitative estimate of drug-likeness (QED) is 0.914. The number of nitrogens with zero attached hydrogens (tertiary/aromatic N) is 2. The number of pyridine rings is 1. The van der Waals surface area contributed by atoms with Crippen molar-refractivity contribution in [3.05, 3.63) is 29.0 Å². The van der Waals surface area contributed by atoms with Crippen molar-refractivity contribution in [2.24, 2.45) is 0 Å². The Labute approximate surface area is 124 Å². The van der Waals surface area contributed by atoms with E-state index < -0.39 is 0 Å². The van der Waals surface area contributed by atoms with Gasteiger partial charge in [-0.05, 0) is 26.0 Å². The van der Waals surface area contributed by atoms with Crippen LogP contribution in [0.3, 0.4) is 0 Å². The van der Waals surface area contributed by atoms with Crippen LogP contribution in [0, 0.1) is 0 Å². The Morgan fingerprint density at radius 1 is 1.65 bits per heavy atom. The fourth-order valence-electron chi connectivity index (χ4n) is 2.19. The summed E-state index contributed by atoms with van der Waals surface area (Å²) < 4.78 is 5.43. The molecule has 0 radical (unpaired) electrons. The molecule has 0 aromatic carbocycles. The maximum Gasteiger partial charge on any atom is 0.239 e. The fraction of sp³-hybridized carbons (Fsp3) is 0.571. The lowest BCUT2D eigenvalue weighted by Crippen LogP contribution is -2.54. The molecule has 110 valence electrons. The van der Waals surface area contributed by atoms with Gasteiger partial charge in [0.15, 0.2) is 0 Å². The highest BCUT2D eigenvalue weighted by molar-refractivity contribution is 6.30. The number of nitrogens with one attached hydrogen (secondary N) is 1. The minimum atomic E-state index is -0.271. The zero-order valence-electron chi connectivity index (χ0n) is 11.8. The van der Waals surface area contributed by atoms with E-state index in [0.29, 0.717) is 31.3 Å². The third kappa shape index (κ3) is 4.16. The van der Waals surface area contributed by atoms with Gasteiger partial charge in [0.25, 0.3) is 0 Å². The van der Waals surface area contributed by atoms with Crippen LogP contribution in [-0.4, -0.2) is 47.6 Å². The molecule has 1 saturated heterocycles. The number of morpholine rings is 1. The lowest BCUT2D eigenvalue weighted by molar-refractivity contribution is -0.133. The molecule has 1 amide bonds. The first-order valence-electron chi connectivity index (χ1n) is 6.79. The minimum absolute atomic E-state index is 0.00160. The Morgan fingerprint density at radius 3 is 3.15 bits per heavy atom. The van der Waals surface area contributed by atoms with Crippen LogP contribution in [0.25, 0.3) is 0 Å². The molecule has 0 bridgehead atoms.